The molecule has 0 saturated heterocycles. The van der Waals surface area contributed by atoms with Crippen LogP contribution in [0.25, 0.3) is 0 Å². The van der Waals surface area contributed by atoms with Gasteiger partial charge in [0.1, 0.15) is 0 Å². The van der Waals surface area contributed by atoms with Crippen molar-refractivity contribution in [2.75, 3.05) is 5.88 Å². The third-order valence-electron chi connectivity index (χ3n) is 2.16. The van der Waals surface area contributed by atoms with Crippen LogP contribution in [0.1, 0.15) is 21.8 Å². The molecule has 0 spiro atoms. The van der Waals surface area contributed by atoms with E-state index in [0.29, 0.717) is 5.56 Å². The van der Waals surface area contributed by atoms with Crippen molar-refractivity contribution in [3.63, 3.8) is 0 Å². The zero-order valence-electron chi connectivity index (χ0n) is 8.24. The fourth-order valence-corrected chi connectivity index (χ4v) is 1.89. The topological polar surface area (TPSA) is 86.2 Å². The molecule has 1 aromatic carbocycles. The minimum absolute atomic E-state index is 0.0571. The number of hydrogen-bond donors (Lipinski definition) is 2. The second kappa shape index (κ2) is 5.18. The van der Waals surface area contributed by atoms with Gasteiger partial charge in [-0.25, -0.2) is 0 Å². The molecule has 16 heavy (non-hydrogen) atoms. The minimum Gasteiger partial charge on any atom is -0.369 e. The van der Waals surface area contributed by atoms with E-state index in [2.05, 4.69) is 0 Å². The van der Waals surface area contributed by atoms with Crippen LogP contribution in [0.3, 0.4) is 0 Å². The third kappa shape index (κ3) is 2.65. The first-order valence-electron chi connectivity index (χ1n) is 4.42. The third-order valence-corrected chi connectivity index (χ3v) is 2.78. The summed E-state index contributed by atoms with van der Waals surface area (Å²) in [4.78, 5) is 22.0. The van der Waals surface area contributed by atoms with E-state index in [0.717, 1.165) is 0 Å². The summed E-state index contributed by atoms with van der Waals surface area (Å²) in [6, 6.07) is 4.48. The molecular formula is C10H10Cl2N2O2. The van der Waals surface area contributed by atoms with Crippen LogP contribution in [-0.4, -0.2) is 17.7 Å². The minimum atomic E-state index is -0.627. The van der Waals surface area contributed by atoms with E-state index >= 15 is 0 Å². The zero-order valence-corrected chi connectivity index (χ0v) is 9.76. The second-order valence-corrected chi connectivity index (χ2v) is 3.93. The molecule has 1 unspecified atom stereocenters. The molecule has 0 heterocycles. The number of primary amides is 2. The zero-order chi connectivity index (χ0) is 12.3. The lowest BCUT2D eigenvalue weighted by Gasteiger charge is -2.11. The summed E-state index contributed by atoms with van der Waals surface area (Å²) in [6.45, 7) is 0. The van der Waals surface area contributed by atoms with E-state index < -0.39 is 17.7 Å². The Hall–Kier alpha value is -1.26. The molecule has 1 rings (SSSR count). The molecule has 0 fully saturated rings. The Morgan fingerprint density at radius 2 is 1.94 bits per heavy atom. The Morgan fingerprint density at radius 1 is 1.31 bits per heavy atom. The first kappa shape index (κ1) is 12.8. The van der Waals surface area contributed by atoms with Gasteiger partial charge in [0, 0.05) is 5.88 Å². The fraction of sp³-hybridized carbons (Fsp3) is 0.200. The van der Waals surface area contributed by atoms with Crippen LogP contribution in [0.2, 0.25) is 5.02 Å². The Labute approximate surface area is 103 Å². The van der Waals surface area contributed by atoms with Gasteiger partial charge in [0.15, 0.2) is 0 Å². The maximum Gasteiger partial charge on any atom is 0.250 e. The van der Waals surface area contributed by atoms with Crippen LogP contribution in [0.4, 0.5) is 0 Å². The lowest BCUT2D eigenvalue weighted by Crippen LogP contribution is -2.23. The van der Waals surface area contributed by atoms with E-state index in [1.54, 1.807) is 6.07 Å². The van der Waals surface area contributed by atoms with Gasteiger partial charge in [-0.3, -0.25) is 9.59 Å². The summed E-state index contributed by atoms with van der Waals surface area (Å²) >= 11 is 11.5. The van der Waals surface area contributed by atoms with Gasteiger partial charge in [-0.1, -0.05) is 17.7 Å². The van der Waals surface area contributed by atoms with E-state index in [-0.39, 0.29) is 16.5 Å². The molecule has 0 aliphatic carbocycles. The molecule has 4 N–H and O–H groups in total. The van der Waals surface area contributed by atoms with Crippen LogP contribution in [0.5, 0.6) is 0 Å². The summed E-state index contributed by atoms with van der Waals surface area (Å²) < 4.78 is 0. The Balaban J connectivity index is 3.14. The molecule has 2 amide bonds. The van der Waals surface area contributed by atoms with Crippen molar-refractivity contribution in [3.8, 4) is 0 Å². The van der Waals surface area contributed by atoms with Crippen LogP contribution in [0.15, 0.2) is 18.2 Å². The maximum atomic E-state index is 11.1. The molecule has 0 aliphatic rings. The number of rotatable bonds is 4. The molecule has 0 aliphatic heterocycles. The summed E-state index contributed by atoms with van der Waals surface area (Å²) in [5.74, 6) is -1.74. The highest BCUT2D eigenvalue weighted by Gasteiger charge is 2.18. The van der Waals surface area contributed by atoms with Crippen molar-refractivity contribution in [1.29, 1.82) is 0 Å². The predicted octanol–water partition coefficient (Wildman–Crippen LogP) is 1.25. The number of amides is 2. The number of benzene rings is 1. The highest BCUT2D eigenvalue weighted by atomic mass is 35.5. The summed E-state index contributed by atoms with van der Waals surface area (Å²) in [5, 5.41) is 0.182. The van der Waals surface area contributed by atoms with Crippen molar-refractivity contribution < 1.29 is 9.59 Å². The number of alkyl halides is 1. The smallest absolute Gasteiger partial charge is 0.250 e. The van der Waals surface area contributed by atoms with Gasteiger partial charge in [-0.15, -0.1) is 11.6 Å². The Morgan fingerprint density at radius 3 is 2.31 bits per heavy atom. The number of halogens is 2. The van der Waals surface area contributed by atoms with Crippen molar-refractivity contribution >= 4 is 35.0 Å². The predicted molar refractivity (Wildman–Crippen MR) is 62.6 cm³/mol. The van der Waals surface area contributed by atoms with Gasteiger partial charge >= 0.3 is 0 Å². The van der Waals surface area contributed by atoms with Gasteiger partial charge in [-0.2, -0.15) is 0 Å². The van der Waals surface area contributed by atoms with E-state index in [9.17, 15) is 9.59 Å². The fourth-order valence-electron chi connectivity index (χ4n) is 1.28. The monoisotopic (exact) mass is 260 g/mol. The average molecular weight is 261 g/mol. The van der Waals surface area contributed by atoms with Gasteiger partial charge in [-0.05, 0) is 17.7 Å². The average Bonchev–Trinajstić information content (AvgIpc) is 2.17. The largest absolute Gasteiger partial charge is 0.369 e. The van der Waals surface area contributed by atoms with Crippen LogP contribution in [0, 0.1) is 0 Å². The summed E-state index contributed by atoms with van der Waals surface area (Å²) in [6.07, 6.45) is 0. The van der Waals surface area contributed by atoms with Crippen LogP contribution >= 0.6 is 23.2 Å². The van der Waals surface area contributed by atoms with Gasteiger partial charge in [0.05, 0.1) is 16.5 Å². The SMILES string of the molecule is NC(=O)c1ccc(C(CCl)C(N)=O)cc1Cl. The molecule has 0 bridgehead atoms. The quantitative estimate of drug-likeness (QED) is 0.799. The van der Waals surface area contributed by atoms with Crippen LogP contribution < -0.4 is 11.5 Å². The summed E-state index contributed by atoms with van der Waals surface area (Å²) in [7, 11) is 0. The van der Waals surface area contributed by atoms with Gasteiger partial charge in [0.25, 0.3) is 0 Å². The standard InChI is InChI=1S/C10H10Cl2N2O2/c11-4-7(10(14)16)5-1-2-6(9(13)15)8(12)3-5/h1-3,7H,4H2,(H2,13,15)(H2,14,16). The number of carbonyl (C=O) groups excluding carboxylic acids is 2. The van der Waals surface area contributed by atoms with Gasteiger partial charge < -0.3 is 11.5 Å². The molecule has 4 nitrogen and oxygen atoms in total. The van der Waals surface area contributed by atoms with Crippen molar-refractivity contribution in [3.05, 3.63) is 34.3 Å². The van der Waals surface area contributed by atoms with Crippen LogP contribution in [-0.2, 0) is 4.79 Å². The first-order chi connectivity index (χ1) is 7.47. The number of carbonyl (C=O) groups is 2. The van der Waals surface area contributed by atoms with E-state index in [4.69, 9.17) is 34.7 Å². The molecule has 86 valence electrons. The molecule has 1 atom stereocenters. The van der Waals surface area contributed by atoms with Crippen molar-refractivity contribution in [1.82, 2.24) is 0 Å². The Bertz CT molecular complexity index is 435. The molecular weight excluding hydrogens is 251 g/mol. The summed E-state index contributed by atoms with van der Waals surface area (Å²) in [5.41, 5.74) is 11.0. The van der Waals surface area contributed by atoms with Crippen molar-refractivity contribution in [2.45, 2.75) is 5.92 Å². The van der Waals surface area contributed by atoms with E-state index in [1.807, 2.05) is 0 Å². The Kier molecular flexibility index (Phi) is 4.15. The first-order valence-corrected chi connectivity index (χ1v) is 5.33. The van der Waals surface area contributed by atoms with Gasteiger partial charge in [0.2, 0.25) is 11.8 Å². The maximum absolute atomic E-state index is 11.1. The van der Waals surface area contributed by atoms with E-state index in [1.165, 1.54) is 12.1 Å². The highest BCUT2D eigenvalue weighted by Crippen LogP contribution is 2.23. The molecule has 0 radical (unpaired) electrons. The number of hydrogen-bond acceptors (Lipinski definition) is 2. The second-order valence-electron chi connectivity index (χ2n) is 3.21. The highest BCUT2D eigenvalue weighted by molar-refractivity contribution is 6.33. The molecule has 0 aromatic heterocycles. The normalized spacial score (nSPS) is 12.1. The molecule has 0 saturated carbocycles. The number of nitrogens with two attached hydrogens (primary N) is 2. The lowest BCUT2D eigenvalue weighted by atomic mass is 9.99. The van der Waals surface area contributed by atoms with Crippen molar-refractivity contribution in [2.24, 2.45) is 11.5 Å². The molecule has 6 heteroatoms. The lowest BCUT2D eigenvalue weighted by molar-refractivity contribution is -0.119. The molecule has 1 aromatic rings.